The van der Waals surface area contributed by atoms with Crippen LogP contribution >= 0.6 is 0 Å². The van der Waals surface area contributed by atoms with Crippen LogP contribution in [-0.4, -0.2) is 49.4 Å². The van der Waals surface area contributed by atoms with E-state index in [1.165, 1.54) is 19.1 Å². The molecule has 1 saturated heterocycles. The Bertz CT molecular complexity index is 991. The maximum Gasteiger partial charge on any atom is 0.332 e. The molecule has 4 rings (SSSR count). The molecule has 3 amide bonds. The Balaban J connectivity index is 1.64. The Kier molecular flexibility index (Phi) is 5.93. The molecule has 2 atom stereocenters. The van der Waals surface area contributed by atoms with Crippen molar-refractivity contribution in [3.8, 4) is 11.5 Å². The Morgan fingerprint density at radius 2 is 1.68 bits per heavy atom. The number of ether oxygens (including phenoxy) is 2. The molecule has 7 heteroatoms. The van der Waals surface area contributed by atoms with Crippen LogP contribution < -0.4 is 14.4 Å². The first-order chi connectivity index (χ1) is 15.0. The van der Waals surface area contributed by atoms with E-state index >= 15 is 0 Å². The lowest BCUT2D eigenvalue weighted by molar-refractivity contribution is -0.126. The zero-order valence-electron chi connectivity index (χ0n) is 17.7. The molecule has 0 bridgehead atoms. The number of hydrogen-bond acceptors (Lipinski definition) is 5. The Hall–Kier alpha value is -3.35. The molecule has 2 unspecified atom stereocenters. The van der Waals surface area contributed by atoms with Gasteiger partial charge in [-0.05, 0) is 43.2 Å². The molecule has 2 fully saturated rings. The van der Waals surface area contributed by atoms with Crippen LogP contribution in [0.15, 0.2) is 48.5 Å². The van der Waals surface area contributed by atoms with Crippen LogP contribution in [0.3, 0.4) is 0 Å². The van der Waals surface area contributed by atoms with Gasteiger partial charge < -0.3 is 14.4 Å². The molecule has 0 radical (unpaired) electrons. The molecule has 31 heavy (non-hydrogen) atoms. The average Bonchev–Trinajstić information content (AvgIpc) is 2.82. The van der Waals surface area contributed by atoms with Crippen LogP contribution in [0.2, 0.25) is 0 Å². The topological polar surface area (TPSA) is 76.2 Å². The third-order valence-corrected chi connectivity index (χ3v) is 6.14. The Morgan fingerprint density at radius 3 is 2.39 bits per heavy atom. The van der Waals surface area contributed by atoms with Gasteiger partial charge in [0.05, 0.1) is 32.4 Å². The van der Waals surface area contributed by atoms with Crippen molar-refractivity contribution in [1.82, 2.24) is 4.90 Å². The van der Waals surface area contributed by atoms with Gasteiger partial charge in [0.25, 0.3) is 0 Å². The smallest absolute Gasteiger partial charge is 0.332 e. The summed E-state index contributed by atoms with van der Waals surface area (Å²) in [5, 5.41) is 0. The number of fused-ring (bicyclic) bond motifs is 1. The van der Waals surface area contributed by atoms with Gasteiger partial charge in [-0.1, -0.05) is 31.0 Å². The van der Waals surface area contributed by atoms with Gasteiger partial charge in [0.2, 0.25) is 5.91 Å². The summed E-state index contributed by atoms with van der Waals surface area (Å²) in [5.41, 5.74) is 0.964. The predicted octanol–water partition coefficient (Wildman–Crippen LogP) is 3.91. The van der Waals surface area contributed by atoms with Gasteiger partial charge in [0, 0.05) is 11.6 Å². The lowest BCUT2D eigenvalue weighted by atomic mass is 9.81. The Morgan fingerprint density at radius 1 is 0.968 bits per heavy atom. The van der Waals surface area contributed by atoms with E-state index in [2.05, 4.69) is 0 Å². The second kappa shape index (κ2) is 8.79. The minimum atomic E-state index is -0.437. The highest BCUT2D eigenvalue weighted by Crippen LogP contribution is 2.37. The second-order valence-electron chi connectivity index (χ2n) is 7.87. The van der Waals surface area contributed by atoms with E-state index in [1.807, 2.05) is 6.07 Å². The minimum absolute atomic E-state index is 0.0912. The highest BCUT2D eigenvalue weighted by molar-refractivity contribution is 6.17. The number of para-hydroxylation sites is 1. The third-order valence-electron chi connectivity index (χ3n) is 6.14. The zero-order chi connectivity index (χ0) is 22.0. The van der Waals surface area contributed by atoms with Crippen LogP contribution in [0.4, 0.5) is 10.5 Å². The fourth-order valence-corrected chi connectivity index (χ4v) is 4.56. The van der Waals surface area contributed by atoms with Gasteiger partial charge in [-0.3, -0.25) is 9.59 Å². The van der Waals surface area contributed by atoms with Crippen molar-refractivity contribution < 1.29 is 23.9 Å². The van der Waals surface area contributed by atoms with Crippen molar-refractivity contribution in [2.75, 3.05) is 25.7 Å². The molecule has 2 aliphatic rings. The number of imide groups is 1. The second-order valence-corrected chi connectivity index (χ2v) is 7.87. The number of hydrogen-bond donors (Lipinski definition) is 0. The summed E-state index contributed by atoms with van der Waals surface area (Å²) in [6.45, 7) is -0.0912. The molecule has 1 saturated carbocycles. The van der Waals surface area contributed by atoms with Crippen molar-refractivity contribution in [3.05, 3.63) is 54.1 Å². The number of urea groups is 1. The van der Waals surface area contributed by atoms with E-state index in [1.54, 1.807) is 47.4 Å². The summed E-state index contributed by atoms with van der Waals surface area (Å²) in [6, 6.07) is 13.2. The van der Waals surface area contributed by atoms with E-state index in [0.29, 0.717) is 22.7 Å². The quantitative estimate of drug-likeness (QED) is 0.660. The van der Waals surface area contributed by atoms with Crippen LogP contribution in [0.5, 0.6) is 11.5 Å². The van der Waals surface area contributed by atoms with Crippen molar-refractivity contribution >= 4 is 23.4 Å². The molecular formula is C24H26N2O5. The van der Waals surface area contributed by atoms with E-state index in [-0.39, 0.29) is 30.2 Å². The number of nitrogens with zero attached hydrogens (tertiary/aromatic N) is 2. The van der Waals surface area contributed by atoms with Crippen molar-refractivity contribution in [3.63, 3.8) is 0 Å². The summed E-state index contributed by atoms with van der Waals surface area (Å²) in [5.74, 6) is 0.317. The molecule has 2 aromatic carbocycles. The first-order valence-corrected chi connectivity index (χ1v) is 10.5. The Labute approximate surface area is 181 Å². The van der Waals surface area contributed by atoms with E-state index in [4.69, 9.17) is 9.47 Å². The molecule has 1 heterocycles. The highest BCUT2D eigenvalue weighted by Gasteiger charge is 2.48. The summed E-state index contributed by atoms with van der Waals surface area (Å²) in [7, 11) is 3.04. The molecule has 1 aliphatic heterocycles. The molecule has 7 nitrogen and oxygen atoms in total. The standard InChI is InChI=1S/C24H26N2O5/c1-30-21-13-12-16(14-22(21)31-2)20(27)15-25-19-11-7-6-10-18(19)23(28)26(24(25)29)17-8-4-3-5-9-17/h3-5,8-9,12-14,18-19H,6-7,10-11,15H2,1-2H3. The van der Waals surface area contributed by atoms with Gasteiger partial charge in [0.15, 0.2) is 17.3 Å². The monoisotopic (exact) mass is 422 g/mol. The summed E-state index contributed by atoms with van der Waals surface area (Å²) in [6.07, 6.45) is 3.33. The fourth-order valence-electron chi connectivity index (χ4n) is 4.56. The summed E-state index contributed by atoms with van der Waals surface area (Å²) in [4.78, 5) is 42.5. The van der Waals surface area contributed by atoms with E-state index in [9.17, 15) is 14.4 Å². The molecule has 0 spiro atoms. The van der Waals surface area contributed by atoms with Gasteiger partial charge >= 0.3 is 6.03 Å². The molecule has 1 aliphatic carbocycles. The number of ketones is 1. The molecular weight excluding hydrogens is 396 g/mol. The number of anilines is 1. The fraction of sp³-hybridized carbons (Fsp3) is 0.375. The first-order valence-electron chi connectivity index (χ1n) is 10.5. The maximum atomic E-state index is 13.4. The SMILES string of the molecule is COc1ccc(C(=O)CN2C(=O)N(c3ccccc3)C(=O)C3CCCCC32)cc1OC. The molecule has 162 valence electrons. The maximum absolute atomic E-state index is 13.4. The highest BCUT2D eigenvalue weighted by atomic mass is 16.5. The number of rotatable bonds is 6. The van der Waals surface area contributed by atoms with Crippen LogP contribution in [-0.2, 0) is 4.79 Å². The molecule has 0 N–H and O–H groups in total. The van der Waals surface area contributed by atoms with Gasteiger partial charge in [-0.25, -0.2) is 9.69 Å². The van der Waals surface area contributed by atoms with Gasteiger partial charge in [-0.15, -0.1) is 0 Å². The van der Waals surface area contributed by atoms with Crippen molar-refractivity contribution in [1.29, 1.82) is 0 Å². The number of Topliss-reactive ketones (excluding diaryl/α,β-unsaturated/α-hetero) is 1. The number of amides is 3. The number of methoxy groups -OCH3 is 2. The lowest BCUT2D eigenvalue weighted by Gasteiger charge is -2.46. The van der Waals surface area contributed by atoms with Crippen molar-refractivity contribution in [2.45, 2.75) is 31.7 Å². The zero-order valence-corrected chi connectivity index (χ0v) is 17.7. The minimum Gasteiger partial charge on any atom is -0.493 e. The third kappa shape index (κ3) is 3.87. The number of benzene rings is 2. The average molecular weight is 422 g/mol. The number of carbonyl (C=O) groups is 3. The predicted molar refractivity (Wildman–Crippen MR) is 116 cm³/mol. The molecule has 0 aromatic heterocycles. The first kappa shape index (κ1) is 20.9. The van der Waals surface area contributed by atoms with Gasteiger partial charge in [-0.2, -0.15) is 0 Å². The van der Waals surface area contributed by atoms with Crippen LogP contribution in [0.1, 0.15) is 36.0 Å². The van der Waals surface area contributed by atoms with Crippen LogP contribution in [0, 0.1) is 5.92 Å². The van der Waals surface area contributed by atoms with Crippen molar-refractivity contribution in [2.24, 2.45) is 5.92 Å². The summed E-state index contributed by atoms with van der Waals surface area (Å²) < 4.78 is 10.5. The van der Waals surface area contributed by atoms with E-state index in [0.717, 1.165) is 25.7 Å². The molecule has 2 aromatic rings. The van der Waals surface area contributed by atoms with Crippen LogP contribution in [0.25, 0.3) is 0 Å². The largest absolute Gasteiger partial charge is 0.493 e. The summed E-state index contributed by atoms with van der Waals surface area (Å²) >= 11 is 0. The lowest BCUT2D eigenvalue weighted by Crippen LogP contribution is -2.63. The van der Waals surface area contributed by atoms with E-state index < -0.39 is 6.03 Å². The number of carbonyl (C=O) groups excluding carboxylic acids is 3. The normalized spacial score (nSPS) is 21.0. The van der Waals surface area contributed by atoms with Gasteiger partial charge in [0.1, 0.15) is 0 Å².